The van der Waals surface area contributed by atoms with Crippen LogP contribution in [0, 0.1) is 0 Å². The highest BCUT2D eigenvalue weighted by atomic mass is 32.2. The van der Waals surface area contributed by atoms with Gasteiger partial charge in [0.15, 0.2) is 9.84 Å². The van der Waals surface area contributed by atoms with Gasteiger partial charge in [0, 0.05) is 25.8 Å². The molecular weight excluding hydrogens is 230 g/mol. The third kappa shape index (κ3) is 2.81. The number of hydrogen-bond donors (Lipinski definition) is 0. The van der Waals surface area contributed by atoms with Gasteiger partial charge >= 0.3 is 0 Å². The zero-order chi connectivity index (χ0) is 12.6. The van der Waals surface area contributed by atoms with Gasteiger partial charge in [-0.05, 0) is 13.8 Å². The molecule has 0 N–H and O–H groups in total. The monoisotopic (exact) mass is 247 g/mol. The maximum Gasteiger partial charge on any atom is 0.230 e. The molecule has 0 atom stereocenters. The van der Waals surface area contributed by atoms with Crippen LogP contribution in [0.1, 0.15) is 26.7 Å². The molecule has 0 bridgehead atoms. The van der Waals surface area contributed by atoms with Gasteiger partial charge in [-0.1, -0.05) is 0 Å². The highest BCUT2D eigenvalue weighted by molar-refractivity contribution is 7.92. The molecule has 0 aliphatic carbocycles. The molecule has 6 heteroatoms. The van der Waals surface area contributed by atoms with E-state index in [2.05, 4.69) is 0 Å². The van der Waals surface area contributed by atoms with Gasteiger partial charge in [0.25, 0.3) is 0 Å². The Morgan fingerprint density at radius 3 is 2.31 bits per heavy atom. The lowest BCUT2D eigenvalue weighted by atomic mass is 10.1. The highest BCUT2D eigenvalue weighted by Gasteiger charge is 2.35. The van der Waals surface area contributed by atoms with Gasteiger partial charge < -0.3 is 4.90 Å². The van der Waals surface area contributed by atoms with E-state index in [1.54, 1.807) is 13.8 Å². The number of carbonyl (C=O) groups is 2. The van der Waals surface area contributed by atoms with Crippen molar-refractivity contribution in [2.45, 2.75) is 31.4 Å². The Morgan fingerprint density at radius 2 is 1.88 bits per heavy atom. The number of likely N-dealkylation sites (tertiary alicyclic amines) is 1. The summed E-state index contributed by atoms with van der Waals surface area (Å²) in [4.78, 5) is 24.0. The van der Waals surface area contributed by atoms with Crippen molar-refractivity contribution in [2.75, 3.05) is 19.3 Å². The zero-order valence-electron chi connectivity index (χ0n) is 9.82. The van der Waals surface area contributed by atoms with Gasteiger partial charge in [-0.25, -0.2) is 8.42 Å². The first-order chi connectivity index (χ1) is 7.13. The first-order valence-corrected chi connectivity index (χ1v) is 7.02. The second-order valence-corrected chi connectivity index (χ2v) is 7.46. The van der Waals surface area contributed by atoms with Gasteiger partial charge in [-0.15, -0.1) is 0 Å². The van der Waals surface area contributed by atoms with Crippen LogP contribution in [0.25, 0.3) is 0 Å². The fraction of sp³-hybridized carbons (Fsp3) is 0.800. The maximum atomic E-state index is 11.5. The van der Waals surface area contributed by atoms with Crippen LogP contribution >= 0.6 is 0 Å². The van der Waals surface area contributed by atoms with Crippen molar-refractivity contribution in [3.05, 3.63) is 0 Å². The SMILES string of the molecule is CC(C)(CN1CCC(=O)CC1=O)S(C)(=O)=O. The molecule has 0 radical (unpaired) electrons. The van der Waals surface area contributed by atoms with Gasteiger partial charge in [-0.2, -0.15) is 0 Å². The molecule has 0 aromatic carbocycles. The largest absolute Gasteiger partial charge is 0.340 e. The molecule has 1 amide bonds. The van der Waals surface area contributed by atoms with E-state index >= 15 is 0 Å². The van der Waals surface area contributed by atoms with E-state index in [0.29, 0.717) is 13.0 Å². The predicted molar refractivity (Wildman–Crippen MR) is 59.7 cm³/mol. The predicted octanol–water partition coefficient (Wildman–Crippen LogP) is 0.00110. The first kappa shape index (κ1) is 13.2. The van der Waals surface area contributed by atoms with E-state index < -0.39 is 14.6 Å². The average Bonchev–Trinajstić information content (AvgIpc) is 2.08. The maximum absolute atomic E-state index is 11.5. The summed E-state index contributed by atoms with van der Waals surface area (Å²) in [6.45, 7) is 3.66. The molecule has 1 aliphatic heterocycles. The van der Waals surface area contributed by atoms with Crippen LogP contribution in [-0.2, 0) is 19.4 Å². The van der Waals surface area contributed by atoms with Crippen molar-refractivity contribution in [2.24, 2.45) is 0 Å². The molecule has 16 heavy (non-hydrogen) atoms. The molecule has 0 unspecified atom stereocenters. The second-order valence-electron chi connectivity index (χ2n) is 4.81. The molecule has 0 saturated carbocycles. The van der Waals surface area contributed by atoms with Crippen molar-refractivity contribution in [1.82, 2.24) is 4.90 Å². The molecule has 1 aliphatic rings. The number of Topliss-reactive ketones (excluding diaryl/α,β-unsaturated/α-hetero) is 1. The fourth-order valence-corrected chi connectivity index (χ4v) is 1.89. The summed E-state index contributed by atoms with van der Waals surface area (Å²) < 4.78 is 22.0. The number of ketones is 1. The molecule has 0 aromatic rings. The molecule has 0 aromatic heterocycles. The minimum absolute atomic E-state index is 0.0709. The topological polar surface area (TPSA) is 71.5 Å². The Labute approximate surface area is 95.7 Å². The Kier molecular flexibility index (Phi) is 3.42. The van der Waals surface area contributed by atoms with Gasteiger partial charge in [0.2, 0.25) is 5.91 Å². The van der Waals surface area contributed by atoms with Crippen LogP contribution in [0.15, 0.2) is 0 Å². The lowest BCUT2D eigenvalue weighted by Gasteiger charge is -2.33. The van der Waals surface area contributed by atoms with Crippen molar-refractivity contribution in [1.29, 1.82) is 0 Å². The lowest BCUT2D eigenvalue weighted by molar-refractivity contribution is -0.139. The summed E-state index contributed by atoms with van der Waals surface area (Å²) in [7, 11) is -3.22. The zero-order valence-corrected chi connectivity index (χ0v) is 10.6. The van der Waals surface area contributed by atoms with Crippen molar-refractivity contribution >= 4 is 21.5 Å². The number of piperidine rings is 1. The van der Waals surface area contributed by atoms with Crippen molar-refractivity contribution < 1.29 is 18.0 Å². The smallest absolute Gasteiger partial charge is 0.230 e. The normalized spacial score (nSPS) is 19.1. The van der Waals surface area contributed by atoms with Crippen molar-refractivity contribution in [3.8, 4) is 0 Å². The number of amides is 1. The summed E-state index contributed by atoms with van der Waals surface area (Å²) in [5.74, 6) is -0.341. The van der Waals surface area contributed by atoms with Gasteiger partial charge in [0.05, 0.1) is 11.2 Å². The van der Waals surface area contributed by atoms with E-state index in [4.69, 9.17) is 0 Å². The van der Waals surface area contributed by atoms with E-state index in [1.165, 1.54) is 4.90 Å². The van der Waals surface area contributed by atoms with Crippen LogP contribution in [0.3, 0.4) is 0 Å². The highest BCUT2D eigenvalue weighted by Crippen LogP contribution is 2.19. The van der Waals surface area contributed by atoms with E-state index in [-0.39, 0.29) is 24.7 Å². The molecule has 5 nitrogen and oxygen atoms in total. The Hall–Kier alpha value is -0.910. The minimum atomic E-state index is -3.22. The van der Waals surface area contributed by atoms with Crippen LogP contribution in [0.5, 0.6) is 0 Å². The van der Waals surface area contributed by atoms with Crippen LogP contribution in [0.4, 0.5) is 0 Å². The van der Waals surface area contributed by atoms with E-state index in [0.717, 1.165) is 6.26 Å². The summed E-state index contributed by atoms with van der Waals surface area (Å²) >= 11 is 0. The van der Waals surface area contributed by atoms with E-state index in [9.17, 15) is 18.0 Å². The van der Waals surface area contributed by atoms with Crippen LogP contribution in [0.2, 0.25) is 0 Å². The quantitative estimate of drug-likeness (QED) is 0.658. The summed E-state index contributed by atoms with van der Waals surface area (Å²) in [5, 5.41) is 0. The van der Waals surface area contributed by atoms with Gasteiger partial charge in [-0.3, -0.25) is 9.59 Å². The van der Waals surface area contributed by atoms with E-state index in [1.807, 2.05) is 0 Å². The van der Waals surface area contributed by atoms with Crippen LogP contribution in [-0.4, -0.2) is 49.1 Å². The average molecular weight is 247 g/mol. The number of nitrogens with zero attached hydrogens (tertiary/aromatic N) is 1. The Balaban J connectivity index is 2.75. The summed E-state index contributed by atoms with van der Waals surface area (Å²) in [6, 6.07) is 0. The van der Waals surface area contributed by atoms with Crippen molar-refractivity contribution in [3.63, 3.8) is 0 Å². The third-order valence-electron chi connectivity index (χ3n) is 2.94. The summed E-state index contributed by atoms with van der Waals surface area (Å²) in [5.41, 5.74) is 0. The number of sulfone groups is 1. The molecule has 1 heterocycles. The minimum Gasteiger partial charge on any atom is -0.340 e. The number of carbonyl (C=O) groups excluding carboxylic acids is 2. The molecular formula is C10H17NO4S. The molecule has 92 valence electrons. The Morgan fingerprint density at radius 1 is 1.31 bits per heavy atom. The Bertz CT molecular complexity index is 411. The first-order valence-electron chi connectivity index (χ1n) is 5.12. The molecule has 0 spiro atoms. The second kappa shape index (κ2) is 4.16. The van der Waals surface area contributed by atoms with Crippen LogP contribution < -0.4 is 0 Å². The standard InChI is InChI=1S/C10H17NO4S/c1-10(2,16(3,14)15)7-11-5-4-8(12)6-9(11)13/h4-7H2,1-3H3. The number of rotatable bonds is 3. The molecule has 1 rings (SSSR count). The lowest BCUT2D eigenvalue weighted by Crippen LogP contribution is -2.49. The number of hydrogen-bond acceptors (Lipinski definition) is 4. The molecule has 1 fully saturated rings. The fourth-order valence-electron chi connectivity index (χ4n) is 1.50. The molecule has 1 saturated heterocycles. The third-order valence-corrected chi connectivity index (χ3v) is 5.07. The summed E-state index contributed by atoms with van der Waals surface area (Å²) in [6.07, 6.45) is 1.39. The van der Waals surface area contributed by atoms with Gasteiger partial charge in [0.1, 0.15) is 5.78 Å².